The Balaban J connectivity index is 1.83. The molecule has 0 saturated heterocycles. The molecular formula is C17H12NO4S-. The lowest BCUT2D eigenvalue weighted by Crippen LogP contribution is -1.93. The van der Waals surface area contributed by atoms with Crippen molar-refractivity contribution in [3.05, 3.63) is 41.8 Å². The zero-order valence-electron chi connectivity index (χ0n) is 12.2. The quantitative estimate of drug-likeness (QED) is 0.739. The summed E-state index contributed by atoms with van der Waals surface area (Å²) in [6.45, 7) is 0.185. The molecule has 1 aromatic heterocycles. The summed E-state index contributed by atoms with van der Waals surface area (Å²) in [6, 6.07) is 10.5. The first-order chi connectivity index (χ1) is 11.3. The molecule has 0 saturated carbocycles. The van der Waals surface area contributed by atoms with E-state index in [0.29, 0.717) is 17.2 Å². The van der Waals surface area contributed by atoms with Crippen LogP contribution in [0.25, 0.3) is 22.4 Å². The summed E-state index contributed by atoms with van der Waals surface area (Å²) in [5, 5.41) is 13.3. The number of methoxy groups -OCH3 is 1. The van der Waals surface area contributed by atoms with E-state index in [1.807, 2.05) is 17.5 Å². The van der Waals surface area contributed by atoms with Crippen LogP contribution in [0.2, 0.25) is 0 Å². The summed E-state index contributed by atoms with van der Waals surface area (Å²) < 4.78 is 20.8. The van der Waals surface area contributed by atoms with Crippen LogP contribution in [0.15, 0.2) is 41.8 Å². The van der Waals surface area contributed by atoms with Gasteiger partial charge in [-0.05, 0) is 29.2 Å². The highest BCUT2D eigenvalue weighted by atomic mass is 32.1. The Hall–Kier alpha value is -2.73. The van der Waals surface area contributed by atoms with Crippen LogP contribution in [0, 0.1) is 0 Å². The van der Waals surface area contributed by atoms with E-state index >= 15 is 0 Å². The molecule has 2 heterocycles. The Kier molecular flexibility index (Phi) is 3.31. The Morgan fingerprint density at radius 1 is 1.13 bits per heavy atom. The molecule has 6 heteroatoms. The van der Waals surface area contributed by atoms with E-state index in [4.69, 9.17) is 14.2 Å². The summed E-state index contributed by atoms with van der Waals surface area (Å²) in [6.07, 6.45) is 0. The van der Waals surface area contributed by atoms with Crippen molar-refractivity contribution in [2.75, 3.05) is 13.9 Å². The standard InChI is InChI=1S/C17H13NO4S/c1-20-14-6-11(7-15-17(14)22-9-21-15)16-13(8-23-18-16)10-2-4-12(19)5-3-10/h2-8,19H,9H2,1H3/p-1. The molecule has 0 fully saturated rings. The molecule has 0 aliphatic carbocycles. The SMILES string of the molecule is COc1cc(-c2nscc2-c2ccc([O-])cc2)cc2c1OCO2. The predicted molar refractivity (Wildman–Crippen MR) is 85.1 cm³/mol. The summed E-state index contributed by atoms with van der Waals surface area (Å²) >= 11 is 1.37. The highest BCUT2D eigenvalue weighted by Crippen LogP contribution is 2.45. The zero-order chi connectivity index (χ0) is 15.8. The molecule has 1 aliphatic rings. The Bertz CT molecular complexity index is 858. The molecule has 0 bridgehead atoms. The first-order valence-corrected chi connectivity index (χ1v) is 7.80. The van der Waals surface area contributed by atoms with Gasteiger partial charge in [0.1, 0.15) is 0 Å². The maximum Gasteiger partial charge on any atom is 0.231 e. The number of hydrogen-bond donors (Lipinski definition) is 0. The van der Waals surface area contributed by atoms with E-state index in [9.17, 15) is 5.11 Å². The zero-order valence-corrected chi connectivity index (χ0v) is 13.1. The van der Waals surface area contributed by atoms with Gasteiger partial charge in [0.15, 0.2) is 11.5 Å². The van der Waals surface area contributed by atoms with E-state index in [2.05, 4.69) is 4.37 Å². The fourth-order valence-corrected chi connectivity index (χ4v) is 3.27. The van der Waals surface area contributed by atoms with Gasteiger partial charge in [-0.25, -0.2) is 0 Å². The molecule has 0 amide bonds. The fourth-order valence-electron chi connectivity index (χ4n) is 2.55. The van der Waals surface area contributed by atoms with E-state index in [0.717, 1.165) is 22.4 Å². The van der Waals surface area contributed by atoms with E-state index < -0.39 is 0 Å². The number of nitrogens with zero attached hydrogens (tertiary/aromatic N) is 1. The van der Waals surface area contributed by atoms with Gasteiger partial charge in [0.2, 0.25) is 12.5 Å². The molecule has 3 aromatic rings. The molecule has 23 heavy (non-hydrogen) atoms. The van der Waals surface area contributed by atoms with Crippen LogP contribution in [0.5, 0.6) is 23.0 Å². The Labute approximate surface area is 136 Å². The van der Waals surface area contributed by atoms with E-state index in [1.165, 1.54) is 11.5 Å². The third-order valence-corrected chi connectivity index (χ3v) is 4.30. The van der Waals surface area contributed by atoms with Gasteiger partial charge < -0.3 is 19.3 Å². The number of ether oxygens (including phenoxy) is 3. The van der Waals surface area contributed by atoms with Crippen LogP contribution < -0.4 is 19.3 Å². The second kappa shape index (κ2) is 5.48. The summed E-state index contributed by atoms with van der Waals surface area (Å²) in [7, 11) is 1.59. The van der Waals surface area contributed by atoms with Gasteiger partial charge in [0.25, 0.3) is 0 Å². The van der Waals surface area contributed by atoms with Gasteiger partial charge in [-0.15, -0.1) is 5.75 Å². The number of fused-ring (bicyclic) bond motifs is 1. The van der Waals surface area contributed by atoms with Crippen molar-refractivity contribution in [3.63, 3.8) is 0 Å². The van der Waals surface area contributed by atoms with Gasteiger partial charge in [-0.1, -0.05) is 24.3 Å². The van der Waals surface area contributed by atoms with Crippen LogP contribution in [0.4, 0.5) is 0 Å². The number of benzene rings is 2. The van der Waals surface area contributed by atoms with Crippen molar-refractivity contribution in [2.24, 2.45) is 0 Å². The molecule has 4 rings (SSSR count). The summed E-state index contributed by atoms with van der Waals surface area (Å²) in [5.74, 6) is 1.86. The van der Waals surface area contributed by atoms with Crippen molar-refractivity contribution in [2.45, 2.75) is 0 Å². The van der Waals surface area contributed by atoms with Gasteiger partial charge >= 0.3 is 0 Å². The Morgan fingerprint density at radius 3 is 2.74 bits per heavy atom. The topological polar surface area (TPSA) is 63.6 Å². The lowest BCUT2D eigenvalue weighted by molar-refractivity contribution is -0.268. The predicted octanol–water partition coefficient (Wildman–Crippen LogP) is 3.29. The number of aromatic nitrogens is 1. The summed E-state index contributed by atoms with van der Waals surface area (Å²) in [4.78, 5) is 0. The molecule has 1 aliphatic heterocycles. The van der Waals surface area contributed by atoms with Gasteiger partial charge in [-0.2, -0.15) is 4.37 Å². The van der Waals surface area contributed by atoms with Crippen molar-refractivity contribution in [1.82, 2.24) is 4.37 Å². The maximum absolute atomic E-state index is 11.3. The maximum atomic E-state index is 11.3. The van der Waals surface area contributed by atoms with Crippen molar-refractivity contribution in [1.29, 1.82) is 0 Å². The highest BCUT2D eigenvalue weighted by molar-refractivity contribution is 7.04. The lowest BCUT2D eigenvalue weighted by atomic mass is 10.0. The largest absolute Gasteiger partial charge is 0.872 e. The first-order valence-electron chi connectivity index (χ1n) is 6.96. The third kappa shape index (κ3) is 2.37. The van der Waals surface area contributed by atoms with Crippen LogP contribution in [-0.4, -0.2) is 18.3 Å². The normalized spacial score (nSPS) is 12.4. The first kappa shape index (κ1) is 13.9. The minimum atomic E-state index is -0.0109. The second-order valence-corrected chi connectivity index (χ2v) is 5.64. The van der Waals surface area contributed by atoms with Gasteiger partial charge in [0.05, 0.1) is 12.8 Å². The molecule has 116 valence electrons. The lowest BCUT2D eigenvalue weighted by Gasteiger charge is -2.09. The third-order valence-electron chi connectivity index (χ3n) is 3.67. The smallest absolute Gasteiger partial charge is 0.231 e. The molecule has 0 N–H and O–H groups in total. The van der Waals surface area contributed by atoms with Crippen LogP contribution >= 0.6 is 11.5 Å². The highest BCUT2D eigenvalue weighted by Gasteiger charge is 2.22. The molecule has 0 spiro atoms. The average Bonchev–Trinajstić information content (AvgIpc) is 3.23. The second-order valence-electron chi connectivity index (χ2n) is 5.01. The van der Waals surface area contributed by atoms with Crippen LogP contribution in [-0.2, 0) is 0 Å². The van der Waals surface area contributed by atoms with Crippen molar-refractivity contribution in [3.8, 4) is 45.4 Å². The molecule has 0 unspecified atom stereocenters. The number of rotatable bonds is 3. The van der Waals surface area contributed by atoms with Crippen LogP contribution in [0.1, 0.15) is 0 Å². The molecule has 5 nitrogen and oxygen atoms in total. The molecule has 0 radical (unpaired) electrons. The summed E-state index contributed by atoms with van der Waals surface area (Å²) in [5.41, 5.74) is 3.62. The monoisotopic (exact) mass is 326 g/mol. The van der Waals surface area contributed by atoms with Gasteiger partial charge in [0, 0.05) is 16.5 Å². The Morgan fingerprint density at radius 2 is 1.96 bits per heavy atom. The van der Waals surface area contributed by atoms with Crippen molar-refractivity contribution >= 4 is 11.5 Å². The molecular weight excluding hydrogens is 314 g/mol. The molecule has 0 atom stereocenters. The minimum absolute atomic E-state index is 0.0109. The fraction of sp³-hybridized carbons (Fsp3) is 0.118. The average molecular weight is 326 g/mol. The minimum Gasteiger partial charge on any atom is -0.872 e. The van der Waals surface area contributed by atoms with E-state index in [1.54, 1.807) is 31.4 Å². The van der Waals surface area contributed by atoms with Crippen molar-refractivity contribution < 1.29 is 19.3 Å². The number of hydrogen-bond acceptors (Lipinski definition) is 6. The van der Waals surface area contributed by atoms with E-state index in [-0.39, 0.29) is 12.5 Å². The van der Waals surface area contributed by atoms with Crippen LogP contribution in [0.3, 0.4) is 0 Å². The van der Waals surface area contributed by atoms with Gasteiger partial charge in [-0.3, -0.25) is 0 Å². The molecule has 2 aromatic carbocycles.